The molecule has 3 aromatic heterocycles. The van der Waals surface area contributed by atoms with Crippen molar-refractivity contribution in [1.29, 1.82) is 5.26 Å². The summed E-state index contributed by atoms with van der Waals surface area (Å²) >= 11 is 0. The van der Waals surface area contributed by atoms with Crippen LogP contribution in [-0.2, 0) is 10.3 Å². The molecule has 3 aromatic rings. The Labute approximate surface area is 180 Å². The molecule has 2 unspecified atom stereocenters. The largest absolute Gasteiger partial charge is 0.395 e. The molecule has 160 valence electrons. The highest BCUT2D eigenvalue weighted by Crippen LogP contribution is 2.44. The molecule has 3 N–H and O–H groups in total. The lowest BCUT2D eigenvalue weighted by atomic mass is 9.72. The van der Waals surface area contributed by atoms with Crippen molar-refractivity contribution in [3.8, 4) is 17.3 Å². The Morgan fingerprint density at radius 2 is 2.26 bits per heavy atom. The van der Waals surface area contributed by atoms with Gasteiger partial charge in [-0.15, -0.1) is 0 Å². The van der Waals surface area contributed by atoms with Crippen LogP contribution in [0.25, 0.3) is 22.2 Å². The number of fused-ring (bicyclic) bond motifs is 1. The zero-order valence-electron chi connectivity index (χ0n) is 17.3. The molecular formula is C22H25N7O2. The van der Waals surface area contributed by atoms with E-state index in [1.165, 1.54) is 0 Å². The van der Waals surface area contributed by atoms with Crippen LogP contribution in [0.4, 0.5) is 0 Å². The van der Waals surface area contributed by atoms with E-state index in [-0.39, 0.29) is 30.3 Å². The highest BCUT2D eigenvalue weighted by Gasteiger charge is 2.47. The molecule has 31 heavy (non-hydrogen) atoms. The Morgan fingerprint density at radius 3 is 3.00 bits per heavy atom. The Hall–Kier alpha value is -2.90. The zero-order valence-corrected chi connectivity index (χ0v) is 17.3. The molecule has 0 bridgehead atoms. The first-order valence-electron chi connectivity index (χ1n) is 10.5. The number of nitriles is 1. The number of nitrogens with one attached hydrogen (secondary N) is 2. The van der Waals surface area contributed by atoms with Gasteiger partial charge in [-0.3, -0.25) is 20.1 Å². The van der Waals surface area contributed by atoms with Crippen molar-refractivity contribution in [3.63, 3.8) is 0 Å². The average Bonchev–Trinajstić information content (AvgIpc) is 3.45. The highest BCUT2D eigenvalue weighted by atomic mass is 16.5. The average molecular weight is 419 g/mol. The first kappa shape index (κ1) is 20.0. The third-order valence-electron chi connectivity index (χ3n) is 6.48. The summed E-state index contributed by atoms with van der Waals surface area (Å²) in [5.74, 6) is 0. The molecule has 2 aliphatic rings. The molecule has 1 aliphatic carbocycles. The van der Waals surface area contributed by atoms with Gasteiger partial charge in [-0.05, 0) is 37.5 Å². The third-order valence-corrected chi connectivity index (χ3v) is 6.48. The van der Waals surface area contributed by atoms with Crippen LogP contribution >= 0.6 is 0 Å². The Balaban J connectivity index is 1.54. The van der Waals surface area contributed by atoms with Gasteiger partial charge in [-0.1, -0.05) is 0 Å². The van der Waals surface area contributed by atoms with Crippen molar-refractivity contribution in [2.75, 3.05) is 13.7 Å². The summed E-state index contributed by atoms with van der Waals surface area (Å²) in [4.78, 5) is 9.52. The fourth-order valence-corrected chi connectivity index (χ4v) is 4.65. The van der Waals surface area contributed by atoms with E-state index in [0.29, 0.717) is 6.42 Å². The number of aliphatic hydroxyl groups is 1. The van der Waals surface area contributed by atoms with Crippen molar-refractivity contribution in [1.82, 2.24) is 30.6 Å². The molecule has 0 aromatic carbocycles. The first-order chi connectivity index (χ1) is 15.2. The number of hydrogen-bond donors (Lipinski definition) is 3. The lowest BCUT2D eigenvalue weighted by Crippen LogP contribution is -2.50. The third kappa shape index (κ3) is 3.47. The summed E-state index contributed by atoms with van der Waals surface area (Å²) in [5, 5.41) is 24.4. The second kappa shape index (κ2) is 7.98. The minimum absolute atomic E-state index is 0.00406. The fraction of sp³-hybridized carbons (Fsp3) is 0.455. The van der Waals surface area contributed by atoms with Gasteiger partial charge in [0.1, 0.15) is 0 Å². The minimum atomic E-state index is -0.329. The number of aromatic nitrogens is 4. The lowest BCUT2D eigenvalue weighted by Gasteiger charge is -2.45. The molecule has 0 radical (unpaired) electrons. The number of nitrogens with zero attached hydrogens (tertiary/aromatic N) is 5. The molecule has 1 saturated heterocycles. The maximum absolute atomic E-state index is 9.45. The smallest absolute Gasteiger partial charge is 0.0831 e. The molecular weight excluding hydrogens is 394 g/mol. The second-order valence-electron chi connectivity index (χ2n) is 8.42. The topological polar surface area (TPSA) is 121 Å². The summed E-state index contributed by atoms with van der Waals surface area (Å²) in [6.07, 6.45) is 8.41. The van der Waals surface area contributed by atoms with Gasteiger partial charge in [0.25, 0.3) is 0 Å². The Morgan fingerprint density at radius 1 is 1.39 bits per heavy atom. The molecule has 9 heteroatoms. The number of hydrogen-bond acceptors (Lipinski definition) is 8. The monoisotopic (exact) mass is 419 g/mol. The highest BCUT2D eigenvalue weighted by molar-refractivity contribution is 5.92. The normalized spacial score (nSPS) is 27.8. The van der Waals surface area contributed by atoms with Crippen molar-refractivity contribution in [2.45, 2.75) is 49.4 Å². The van der Waals surface area contributed by atoms with E-state index >= 15 is 0 Å². The van der Waals surface area contributed by atoms with Gasteiger partial charge < -0.3 is 9.84 Å². The van der Waals surface area contributed by atoms with Gasteiger partial charge in [0.2, 0.25) is 0 Å². The standard InChI is InChI=1S/C22H25N7O2/c1-31-16-9-22(10-16,4-5-23)29-12-14(11-25-29)21-17-3-2-6-24-18(17)8-19(26-21)20-7-15(13-30)27-28-20/h2-3,6,8,11-12,15-16,20,27-28,30H,4,7,9-10,13H2,1H3. The quantitative estimate of drug-likeness (QED) is 0.553. The number of pyridine rings is 2. The summed E-state index contributed by atoms with van der Waals surface area (Å²) < 4.78 is 7.36. The van der Waals surface area contributed by atoms with Gasteiger partial charge in [-0.25, -0.2) is 5.43 Å². The van der Waals surface area contributed by atoms with E-state index in [4.69, 9.17) is 9.72 Å². The van der Waals surface area contributed by atoms with E-state index in [2.05, 4.69) is 27.0 Å². The van der Waals surface area contributed by atoms with Gasteiger partial charge in [-0.2, -0.15) is 10.4 Å². The van der Waals surface area contributed by atoms with Gasteiger partial charge >= 0.3 is 0 Å². The maximum atomic E-state index is 9.45. The van der Waals surface area contributed by atoms with Crippen LogP contribution in [0.5, 0.6) is 0 Å². The molecule has 2 atom stereocenters. The van der Waals surface area contributed by atoms with E-state index in [1.54, 1.807) is 13.3 Å². The van der Waals surface area contributed by atoms with Crippen molar-refractivity contribution >= 4 is 10.9 Å². The summed E-state index contributed by atoms with van der Waals surface area (Å²) in [5.41, 5.74) is 9.43. The van der Waals surface area contributed by atoms with Crippen LogP contribution < -0.4 is 10.9 Å². The zero-order chi connectivity index (χ0) is 21.4. The van der Waals surface area contributed by atoms with Crippen molar-refractivity contribution in [3.05, 3.63) is 42.5 Å². The number of aliphatic hydroxyl groups excluding tert-OH is 1. The van der Waals surface area contributed by atoms with Gasteiger partial charge in [0.15, 0.2) is 0 Å². The van der Waals surface area contributed by atoms with Crippen LogP contribution in [0.15, 0.2) is 36.8 Å². The number of methoxy groups -OCH3 is 1. The number of hydrazine groups is 1. The van der Waals surface area contributed by atoms with Crippen molar-refractivity contribution in [2.24, 2.45) is 0 Å². The van der Waals surface area contributed by atoms with E-state index in [0.717, 1.165) is 47.1 Å². The number of rotatable bonds is 6. The SMILES string of the molecule is COC1CC(CC#N)(n2cc(-c3nc(C4CC(CO)NN4)cc4ncccc34)cn2)C1. The molecule has 9 nitrogen and oxygen atoms in total. The summed E-state index contributed by atoms with van der Waals surface area (Å²) in [6, 6.07) is 8.20. The molecule has 0 spiro atoms. The van der Waals surface area contributed by atoms with E-state index in [9.17, 15) is 10.4 Å². The van der Waals surface area contributed by atoms with E-state index in [1.807, 2.05) is 35.3 Å². The molecule has 5 rings (SSSR count). The number of ether oxygens (including phenoxy) is 1. The van der Waals surface area contributed by atoms with Crippen LogP contribution in [0, 0.1) is 11.3 Å². The predicted molar refractivity (Wildman–Crippen MR) is 113 cm³/mol. The summed E-state index contributed by atoms with van der Waals surface area (Å²) in [6.45, 7) is 0.0679. The Kier molecular flexibility index (Phi) is 5.16. The molecule has 0 amide bonds. The van der Waals surface area contributed by atoms with E-state index < -0.39 is 0 Å². The Bertz CT molecular complexity index is 1130. The van der Waals surface area contributed by atoms with Crippen LogP contribution in [0.1, 0.15) is 37.4 Å². The lowest BCUT2D eigenvalue weighted by molar-refractivity contribution is -0.0542. The first-order valence-corrected chi connectivity index (χ1v) is 10.5. The molecule has 1 saturated carbocycles. The van der Waals surface area contributed by atoms with Crippen LogP contribution in [0.3, 0.4) is 0 Å². The van der Waals surface area contributed by atoms with Crippen LogP contribution in [-0.4, -0.2) is 50.7 Å². The molecule has 1 aliphatic heterocycles. The predicted octanol–water partition coefficient (Wildman–Crippen LogP) is 1.81. The summed E-state index contributed by atoms with van der Waals surface area (Å²) in [7, 11) is 1.71. The van der Waals surface area contributed by atoms with Gasteiger partial charge in [0.05, 0.1) is 59.9 Å². The molecule has 2 fully saturated rings. The molecule has 4 heterocycles. The minimum Gasteiger partial charge on any atom is -0.395 e. The van der Waals surface area contributed by atoms with Gasteiger partial charge in [0, 0.05) is 36.5 Å². The van der Waals surface area contributed by atoms with Crippen LogP contribution in [0.2, 0.25) is 0 Å². The maximum Gasteiger partial charge on any atom is 0.0831 e. The second-order valence-corrected chi connectivity index (χ2v) is 8.42. The van der Waals surface area contributed by atoms with Crippen molar-refractivity contribution < 1.29 is 9.84 Å². The fourth-order valence-electron chi connectivity index (χ4n) is 4.65.